The van der Waals surface area contributed by atoms with Crippen LogP contribution in [0.1, 0.15) is 25.7 Å². The third-order valence-electron chi connectivity index (χ3n) is 3.58. The molecule has 1 aliphatic carbocycles. The molecule has 0 bridgehead atoms. The van der Waals surface area contributed by atoms with E-state index in [9.17, 15) is 14.7 Å². The molecule has 7 heteroatoms. The number of carboxylic acids is 1. The molecule has 1 saturated carbocycles. The third kappa shape index (κ3) is 4.35. The molecule has 1 aromatic carbocycles. The highest BCUT2D eigenvalue weighted by atomic mass is 79.9. The fourth-order valence-corrected chi connectivity index (χ4v) is 3.01. The lowest BCUT2D eigenvalue weighted by Crippen LogP contribution is -2.46. The van der Waals surface area contributed by atoms with Crippen LogP contribution in [-0.4, -0.2) is 23.1 Å². The number of carbonyl (C=O) groups excluding carboxylic acids is 1. The van der Waals surface area contributed by atoms with Gasteiger partial charge in [-0.25, -0.2) is 4.79 Å². The van der Waals surface area contributed by atoms with Crippen molar-refractivity contribution in [1.82, 2.24) is 5.32 Å². The number of urea groups is 1. The smallest absolute Gasteiger partial charge is 0.319 e. The number of carboxylic acid groups (broad SMARTS) is 1. The summed E-state index contributed by atoms with van der Waals surface area (Å²) in [7, 11) is 0. The number of halogens is 2. The summed E-state index contributed by atoms with van der Waals surface area (Å²) in [5.41, 5.74) is 0.589. The van der Waals surface area contributed by atoms with E-state index in [0.717, 1.165) is 12.8 Å². The fourth-order valence-electron chi connectivity index (χ4n) is 2.51. The van der Waals surface area contributed by atoms with Crippen LogP contribution in [0.5, 0.6) is 0 Å². The number of hydrogen-bond acceptors (Lipinski definition) is 2. The number of rotatable bonds is 3. The minimum Gasteiger partial charge on any atom is -0.481 e. The first-order valence-corrected chi connectivity index (χ1v) is 7.90. The van der Waals surface area contributed by atoms with Crippen molar-refractivity contribution in [2.24, 2.45) is 5.92 Å². The van der Waals surface area contributed by atoms with E-state index in [0.29, 0.717) is 28.0 Å². The Bertz CT molecular complexity index is 553. The van der Waals surface area contributed by atoms with Crippen LogP contribution in [0.15, 0.2) is 22.7 Å². The molecule has 2 amide bonds. The molecule has 0 heterocycles. The number of amides is 2. The SMILES string of the molecule is O=C(Nc1ccc(Cl)c(Br)c1)NC1CCCCC1C(=O)O. The van der Waals surface area contributed by atoms with E-state index in [4.69, 9.17) is 11.6 Å². The highest BCUT2D eigenvalue weighted by Gasteiger charge is 2.31. The Morgan fingerprint density at radius 3 is 2.67 bits per heavy atom. The fraction of sp³-hybridized carbons (Fsp3) is 0.429. The largest absolute Gasteiger partial charge is 0.481 e. The number of nitrogens with one attached hydrogen (secondary N) is 2. The summed E-state index contributed by atoms with van der Waals surface area (Å²) in [6, 6.07) is 4.32. The van der Waals surface area contributed by atoms with Crippen molar-refractivity contribution in [3.05, 3.63) is 27.7 Å². The molecular formula is C14H16BrClN2O3. The van der Waals surface area contributed by atoms with E-state index in [1.54, 1.807) is 18.2 Å². The van der Waals surface area contributed by atoms with Crippen LogP contribution in [0.4, 0.5) is 10.5 Å². The normalized spacial score (nSPS) is 21.6. The van der Waals surface area contributed by atoms with E-state index in [-0.39, 0.29) is 6.04 Å². The van der Waals surface area contributed by atoms with E-state index in [1.165, 1.54) is 0 Å². The van der Waals surface area contributed by atoms with Gasteiger partial charge in [0.15, 0.2) is 0 Å². The Morgan fingerprint density at radius 1 is 1.29 bits per heavy atom. The van der Waals surface area contributed by atoms with Gasteiger partial charge in [0, 0.05) is 16.2 Å². The average Bonchev–Trinajstić information content (AvgIpc) is 2.43. The first-order valence-electron chi connectivity index (χ1n) is 6.73. The van der Waals surface area contributed by atoms with Gasteiger partial charge in [-0.15, -0.1) is 0 Å². The van der Waals surface area contributed by atoms with Gasteiger partial charge in [-0.05, 0) is 47.0 Å². The number of carbonyl (C=O) groups is 2. The second-order valence-corrected chi connectivity index (χ2v) is 6.32. The minimum absolute atomic E-state index is 0.327. The average molecular weight is 376 g/mol. The molecule has 0 spiro atoms. The van der Waals surface area contributed by atoms with E-state index in [2.05, 4.69) is 26.6 Å². The highest BCUT2D eigenvalue weighted by molar-refractivity contribution is 9.10. The van der Waals surface area contributed by atoms with Gasteiger partial charge in [-0.1, -0.05) is 24.4 Å². The summed E-state index contributed by atoms with van der Waals surface area (Å²) in [5, 5.41) is 15.2. The summed E-state index contributed by atoms with van der Waals surface area (Å²) in [6.07, 6.45) is 3.11. The predicted octanol–water partition coefficient (Wildman–Crippen LogP) is 3.87. The number of hydrogen-bond donors (Lipinski definition) is 3. The molecule has 0 radical (unpaired) electrons. The molecule has 3 N–H and O–H groups in total. The molecule has 114 valence electrons. The van der Waals surface area contributed by atoms with Crippen molar-refractivity contribution < 1.29 is 14.7 Å². The van der Waals surface area contributed by atoms with E-state index >= 15 is 0 Å². The zero-order valence-electron chi connectivity index (χ0n) is 11.2. The van der Waals surface area contributed by atoms with Gasteiger partial charge >= 0.3 is 12.0 Å². The molecule has 0 saturated heterocycles. The van der Waals surface area contributed by atoms with Crippen molar-refractivity contribution in [2.75, 3.05) is 5.32 Å². The molecule has 0 aliphatic heterocycles. The summed E-state index contributed by atoms with van der Waals surface area (Å²) in [4.78, 5) is 23.2. The molecule has 0 aromatic heterocycles. The van der Waals surface area contributed by atoms with Crippen molar-refractivity contribution in [3.63, 3.8) is 0 Å². The van der Waals surface area contributed by atoms with Crippen LogP contribution < -0.4 is 10.6 Å². The lowest BCUT2D eigenvalue weighted by molar-refractivity contribution is -0.143. The topological polar surface area (TPSA) is 78.4 Å². The number of anilines is 1. The number of aliphatic carboxylic acids is 1. The second-order valence-electron chi connectivity index (χ2n) is 5.06. The predicted molar refractivity (Wildman–Crippen MR) is 84.7 cm³/mol. The summed E-state index contributed by atoms with van der Waals surface area (Å²) in [5.74, 6) is -1.37. The zero-order chi connectivity index (χ0) is 15.4. The van der Waals surface area contributed by atoms with Crippen molar-refractivity contribution in [1.29, 1.82) is 0 Å². The van der Waals surface area contributed by atoms with Crippen LogP contribution in [0, 0.1) is 5.92 Å². The maximum absolute atomic E-state index is 12.0. The number of benzene rings is 1. The molecule has 5 nitrogen and oxygen atoms in total. The standard InChI is InChI=1S/C14H16BrClN2O3/c15-10-7-8(5-6-11(10)16)17-14(21)18-12-4-2-1-3-9(12)13(19)20/h5-7,9,12H,1-4H2,(H,19,20)(H2,17,18,21). The quantitative estimate of drug-likeness (QED) is 0.750. The Hall–Kier alpha value is -1.27. The first kappa shape index (κ1) is 16.1. The Kier molecular flexibility index (Phi) is 5.47. The van der Waals surface area contributed by atoms with E-state index in [1.807, 2.05) is 0 Å². The molecule has 2 atom stereocenters. The first-order chi connectivity index (χ1) is 9.97. The third-order valence-corrected chi connectivity index (χ3v) is 4.79. The maximum Gasteiger partial charge on any atom is 0.319 e. The Balaban J connectivity index is 1.97. The summed E-state index contributed by atoms with van der Waals surface area (Å²) in [6.45, 7) is 0. The molecule has 2 unspecified atom stereocenters. The van der Waals surface area contributed by atoms with Crippen molar-refractivity contribution in [2.45, 2.75) is 31.7 Å². The van der Waals surface area contributed by atoms with Crippen LogP contribution in [0.3, 0.4) is 0 Å². The highest BCUT2D eigenvalue weighted by Crippen LogP contribution is 2.26. The van der Waals surface area contributed by atoms with Crippen LogP contribution in [-0.2, 0) is 4.79 Å². The Labute approximate surface area is 136 Å². The van der Waals surface area contributed by atoms with Gasteiger partial charge in [0.1, 0.15) is 0 Å². The molecule has 1 aromatic rings. The molecule has 2 rings (SSSR count). The second kappa shape index (κ2) is 7.13. The summed E-state index contributed by atoms with van der Waals surface area (Å²) >= 11 is 9.17. The Morgan fingerprint density at radius 2 is 2.00 bits per heavy atom. The summed E-state index contributed by atoms with van der Waals surface area (Å²) < 4.78 is 0.683. The lowest BCUT2D eigenvalue weighted by atomic mass is 9.84. The van der Waals surface area contributed by atoms with Crippen molar-refractivity contribution in [3.8, 4) is 0 Å². The molecule has 21 heavy (non-hydrogen) atoms. The van der Waals surface area contributed by atoms with E-state index < -0.39 is 17.9 Å². The van der Waals surface area contributed by atoms with Gasteiger partial charge in [-0.2, -0.15) is 0 Å². The van der Waals surface area contributed by atoms with Gasteiger partial charge in [0.2, 0.25) is 0 Å². The molecule has 1 aliphatic rings. The van der Waals surface area contributed by atoms with Crippen LogP contribution in [0.25, 0.3) is 0 Å². The van der Waals surface area contributed by atoms with Gasteiger partial charge in [-0.3, -0.25) is 4.79 Å². The zero-order valence-corrected chi connectivity index (χ0v) is 13.6. The van der Waals surface area contributed by atoms with Gasteiger partial charge in [0.05, 0.1) is 10.9 Å². The molecular weight excluding hydrogens is 360 g/mol. The monoisotopic (exact) mass is 374 g/mol. The van der Waals surface area contributed by atoms with Crippen LogP contribution in [0.2, 0.25) is 5.02 Å². The van der Waals surface area contributed by atoms with Gasteiger partial charge in [0.25, 0.3) is 0 Å². The lowest BCUT2D eigenvalue weighted by Gasteiger charge is -2.29. The van der Waals surface area contributed by atoms with Crippen LogP contribution >= 0.6 is 27.5 Å². The molecule has 1 fully saturated rings. The van der Waals surface area contributed by atoms with Crippen molar-refractivity contribution >= 4 is 45.2 Å². The minimum atomic E-state index is -0.853. The maximum atomic E-state index is 12.0. The van der Waals surface area contributed by atoms with Gasteiger partial charge < -0.3 is 15.7 Å².